The van der Waals surface area contributed by atoms with Gasteiger partial charge in [0.1, 0.15) is 11.5 Å². The Kier molecular flexibility index (Phi) is 3.03. The van der Waals surface area contributed by atoms with Crippen LogP contribution in [-0.4, -0.2) is 34.4 Å². The SMILES string of the molecule is CN=C1Nc2cc(-n3nnc4c3CCNC4)c(Cl)cc2C12CCC2. The van der Waals surface area contributed by atoms with E-state index in [0.29, 0.717) is 0 Å². The monoisotopic (exact) mass is 342 g/mol. The molecule has 2 aromatic rings. The fraction of sp³-hybridized carbons (Fsp3) is 0.471. The first-order valence-corrected chi connectivity index (χ1v) is 8.83. The largest absolute Gasteiger partial charge is 0.343 e. The molecule has 6 nitrogen and oxygen atoms in total. The number of fused-ring (bicyclic) bond motifs is 3. The van der Waals surface area contributed by atoms with Crippen molar-refractivity contribution >= 4 is 23.1 Å². The highest BCUT2D eigenvalue weighted by Crippen LogP contribution is 2.52. The lowest BCUT2D eigenvalue weighted by molar-refractivity contribution is 0.347. The molecule has 2 aliphatic heterocycles. The Morgan fingerprint density at radius 2 is 2.21 bits per heavy atom. The van der Waals surface area contributed by atoms with E-state index in [-0.39, 0.29) is 5.41 Å². The first-order valence-electron chi connectivity index (χ1n) is 8.46. The lowest BCUT2D eigenvalue weighted by Gasteiger charge is -2.38. The predicted octanol–water partition coefficient (Wildman–Crippen LogP) is 2.44. The quantitative estimate of drug-likeness (QED) is 0.835. The normalized spacial score (nSPS) is 22.2. The third-order valence-electron chi connectivity index (χ3n) is 5.64. The summed E-state index contributed by atoms with van der Waals surface area (Å²) in [5, 5.41) is 16.2. The molecule has 1 fully saturated rings. The summed E-state index contributed by atoms with van der Waals surface area (Å²) in [7, 11) is 1.86. The van der Waals surface area contributed by atoms with Crippen molar-refractivity contribution in [2.24, 2.45) is 4.99 Å². The number of rotatable bonds is 1. The standard InChI is InChI=1S/C17H19ClN6/c1-19-16-17(4-2-5-17)10-7-11(18)15(8-12(10)21-16)24-14-3-6-20-9-13(14)22-23-24/h7-8,20H,2-6,9H2,1H3,(H,19,21). The van der Waals surface area contributed by atoms with Gasteiger partial charge in [-0.1, -0.05) is 23.2 Å². The topological polar surface area (TPSA) is 67.1 Å². The van der Waals surface area contributed by atoms with E-state index >= 15 is 0 Å². The lowest BCUT2D eigenvalue weighted by Crippen LogP contribution is -2.41. The molecular weight excluding hydrogens is 324 g/mol. The minimum absolute atomic E-state index is 0.0535. The number of aromatic nitrogens is 3. The number of amidine groups is 1. The Balaban J connectivity index is 1.65. The molecule has 0 atom stereocenters. The molecule has 0 radical (unpaired) electrons. The minimum atomic E-state index is 0.0535. The van der Waals surface area contributed by atoms with Crippen LogP contribution in [0.15, 0.2) is 17.1 Å². The van der Waals surface area contributed by atoms with Gasteiger partial charge in [-0.3, -0.25) is 4.99 Å². The smallest absolute Gasteiger partial charge is 0.111 e. The van der Waals surface area contributed by atoms with Crippen molar-refractivity contribution < 1.29 is 0 Å². The van der Waals surface area contributed by atoms with Gasteiger partial charge < -0.3 is 10.6 Å². The van der Waals surface area contributed by atoms with Crippen LogP contribution in [0.5, 0.6) is 0 Å². The predicted molar refractivity (Wildman–Crippen MR) is 94.3 cm³/mol. The molecule has 0 saturated heterocycles. The van der Waals surface area contributed by atoms with E-state index in [2.05, 4.69) is 38.1 Å². The lowest BCUT2D eigenvalue weighted by atomic mass is 9.65. The maximum atomic E-state index is 6.67. The minimum Gasteiger partial charge on any atom is -0.343 e. The van der Waals surface area contributed by atoms with E-state index in [9.17, 15) is 0 Å². The van der Waals surface area contributed by atoms with Crippen molar-refractivity contribution in [2.75, 3.05) is 18.9 Å². The van der Waals surface area contributed by atoms with Gasteiger partial charge in [-0.05, 0) is 30.5 Å². The number of nitrogens with one attached hydrogen (secondary N) is 2. The van der Waals surface area contributed by atoms with E-state index in [1.165, 1.54) is 12.0 Å². The number of halogens is 1. The molecule has 7 heteroatoms. The molecule has 1 aromatic heterocycles. The molecule has 1 aromatic carbocycles. The highest BCUT2D eigenvalue weighted by atomic mass is 35.5. The second-order valence-electron chi connectivity index (χ2n) is 6.80. The fourth-order valence-electron chi connectivity index (χ4n) is 4.23. The zero-order valence-electron chi connectivity index (χ0n) is 13.6. The van der Waals surface area contributed by atoms with Crippen molar-refractivity contribution in [1.29, 1.82) is 0 Å². The summed E-state index contributed by atoms with van der Waals surface area (Å²) in [5.41, 5.74) is 5.49. The summed E-state index contributed by atoms with van der Waals surface area (Å²) in [6.45, 7) is 1.71. The Morgan fingerprint density at radius 1 is 1.33 bits per heavy atom. The Hall–Kier alpha value is -1.92. The van der Waals surface area contributed by atoms with Gasteiger partial charge in [0.25, 0.3) is 0 Å². The summed E-state index contributed by atoms with van der Waals surface area (Å²) in [6, 6.07) is 4.21. The summed E-state index contributed by atoms with van der Waals surface area (Å²) in [6.07, 6.45) is 4.43. The molecule has 5 rings (SSSR count). The molecular formula is C17H19ClN6. The van der Waals surface area contributed by atoms with Crippen molar-refractivity contribution in [2.45, 2.75) is 37.6 Å². The van der Waals surface area contributed by atoms with E-state index < -0.39 is 0 Å². The maximum absolute atomic E-state index is 6.67. The van der Waals surface area contributed by atoms with Crippen LogP contribution >= 0.6 is 11.6 Å². The van der Waals surface area contributed by atoms with E-state index in [1.54, 1.807) is 0 Å². The average molecular weight is 343 g/mol. The molecule has 0 bridgehead atoms. The number of hydrogen-bond acceptors (Lipinski definition) is 4. The van der Waals surface area contributed by atoms with Gasteiger partial charge in [-0.15, -0.1) is 5.10 Å². The van der Waals surface area contributed by atoms with Crippen LogP contribution in [0.4, 0.5) is 5.69 Å². The summed E-state index contributed by atoms with van der Waals surface area (Å²) in [4.78, 5) is 4.49. The van der Waals surface area contributed by atoms with Crippen LogP contribution in [0.1, 0.15) is 36.2 Å². The van der Waals surface area contributed by atoms with Gasteiger partial charge >= 0.3 is 0 Å². The van der Waals surface area contributed by atoms with E-state index in [0.717, 1.165) is 66.0 Å². The second-order valence-corrected chi connectivity index (χ2v) is 7.21. The molecule has 2 N–H and O–H groups in total. The Bertz CT molecular complexity index is 864. The van der Waals surface area contributed by atoms with Crippen molar-refractivity contribution in [3.8, 4) is 5.69 Å². The van der Waals surface area contributed by atoms with Crippen LogP contribution in [0.3, 0.4) is 0 Å². The van der Waals surface area contributed by atoms with Crippen molar-refractivity contribution in [1.82, 2.24) is 20.3 Å². The third kappa shape index (κ3) is 1.78. The van der Waals surface area contributed by atoms with Gasteiger partial charge in [-0.25, -0.2) is 4.68 Å². The number of nitrogens with zero attached hydrogens (tertiary/aromatic N) is 4. The Labute approximate surface area is 145 Å². The van der Waals surface area contributed by atoms with Gasteiger partial charge in [0.05, 0.1) is 21.8 Å². The zero-order valence-corrected chi connectivity index (χ0v) is 14.3. The Morgan fingerprint density at radius 3 is 2.96 bits per heavy atom. The molecule has 3 aliphatic rings. The average Bonchev–Trinajstić information content (AvgIpc) is 3.12. The second kappa shape index (κ2) is 5.04. The molecule has 0 amide bonds. The summed E-state index contributed by atoms with van der Waals surface area (Å²) in [5.74, 6) is 1.07. The fourth-order valence-corrected chi connectivity index (χ4v) is 4.48. The highest BCUT2D eigenvalue weighted by molar-refractivity contribution is 6.33. The molecule has 1 aliphatic carbocycles. The highest BCUT2D eigenvalue weighted by Gasteiger charge is 2.49. The van der Waals surface area contributed by atoms with Gasteiger partial charge in [0.15, 0.2) is 0 Å². The molecule has 3 heterocycles. The first kappa shape index (κ1) is 14.4. The van der Waals surface area contributed by atoms with Crippen LogP contribution in [0, 0.1) is 0 Å². The molecule has 1 spiro atoms. The number of hydrogen-bond donors (Lipinski definition) is 2. The molecule has 124 valence electrons. The van der Waals surface area contributed by atoms with Crippen molar-refractivity contribution in [3.05, 3.63) is 34.1 Å². The van der Waals surface area contributed by atoms with Gasteiger partial charge in [-0.2, -0.15) is 0 Å². The zero-order chi connectivity index (χ0) is 16.3. The number of aliphatic imine (C=N–C) groups is 1. The number of anilines is 1. The van der Waals surface area contributed by atoms with E-state index in [1.807, 2.05) is 11.7 Å². The van der Waals surface area contributed by atoms with E-state index in [4.69, 9.17) is 11.6 Å². The molecule has 1 saturated carbocycles. The van der Waals surface area contributed by atoms with Crippen LogP contribution in [-0.2, 0) is 18.4 Å². The molecule has 24 heavy (non-hydrogen) atoms. The maximum Gasteiger partial charge on any atom is 0.111 e. The van der Waals surface area contributed by atoms with Crippen LogP contribution < -0.4 is 10.6 Å². The van der Waals surface area contributed by atoms with Gasteiger partial charge in [0.2, 0.25) is 0 Å². The summed E-state index contributed by atoms with van der Waals surface area (Å²) >= 11 is 6.67. The van der Waals surface area contributed by atoms with Crippen molar-refractivity contribution in [3.63, 3.8) is 0 Å². The molecule has 0 unspecified atom stereocenters. The van der Waals surface area contributed by atoms with Crippen LogP contribution in [0.25, 0.3) is 5.69 Å². The number of benzene rings is 1. The first-order chi connectivity index (χ1) is 11.7. The van der Waals surface area contributed by atoms with Gasteiger partial charge in [0, 0.05) is 32.2 Å². The van der Waals surface area contributed by atoms with Crippen LogP contribution in [0.2, 0.25) is 5.02 Å². The third-order valence-corrected chi connectivity index (χ3v) is 5.95. The summed E-state index contributed by atoms with van der Waals surface area (Å²) < 4.78 is 1.90.